The second-order valence-corrected chi connectivity index (χ2v) is 20.9. The monoisotopic (exact) mass is 912 g/mol. The Kier molecular flexibility index (Phi) is 10.1. The van der Waals surface area contributed by atoms with Crippen LogP contribution in [0.2, 0.25) is 0 Å². The first-order chi connectivity index (χ1) is 34.8. The highest BCUT2D eigenvalue weighted by Crippen LogP contribution is 2.57. The maximum Gasteiger partial charge on any atom is 0.0465 e. The minimum absolute atomic E-state index is 0.248. The van der Waals surface area contributed by atoms with Gasteiger partial charge in [-0.2, -0.15) is 0 Å². The lowest BCUT2D eigenvalue weighted by molar-refractivity contribution is 0.520. The Morgan fingerprint density at radius 1 is 0.296 bits per heavy atom. The molecule has 0 saturated carbocycles. The molecule has 3 aliphatic rings. The molecule has 2 heteroatoms. The van der Waals surface area contributed by atoms with Crippen LogP contribution in [-0.2, 0) is 41.9 Å². The van der Waals surface area contributed by atoms with Crippen LogP contribution in [0, 0.1) is 0 Å². The molecule has 0 spiro atoms. The highest BCUT2D eigenvalue weighted by molar-refractivity contribution is 5.91. The van der Waals surface area contributed by atoms with Gasteiger partial charge >= 0.3 is 0 Å². The standard InChI is InChI=1S/C69H56N2/c1-67(2)63-39-51(70)31-35-57(63)58-36-32-52(40-64(58)67)71(53-33-37-59-55-27-15-17-29-61(55)68(65(59)41-53,43-47-19-7-3-8-20-47)44-48-21-9-4-10-22-48)54-34-38-60-56-28-16-18-30-62(56)69(66(60)42-54,45-49-23-11-5-12-24-49)46-50-25-13-6-14-26-50/h3-42H,43-46,70H2,1-2H3. The number of nitrogen functional groups attached to an aromatic ring is 1. The molecule has 0 aromatic heterocycles. The van der Waals surface area contributed by atoms with Crippen molar-refractivity contribution in [1.82, 2.24) is 0 Å². The van der Waals surface area contributed by atoms with E-state index < -0.39 is 0 Å². The van der Waals surface area contributed by atoms with Crippen LogP contribution in [0.4, 0.5) is 22.7 Å². The summed E-state index contributed by atoms with van der Waals surface area (Å²) in [5.74, 6) is 0. The number of nitrogens with two attached hydrogens (primary N) is 1. The van der Waals surface area contributed by atoms with Crippen molar-refractivity contribution in [1.29, 1.82) is 0 Å². The van der Waals surface area contributed by atoms with Gasteiger partial charge in [-0.05, 0) is 163 Å². The summed E-state index contributed by atoms with van der Waals surface area (Å²) in [5, 5.41) is 0. The molecule has 0 radical (unpaired) electrons. The third-order valence-corrected chi connectivity index (χ3v) is 16.4. The largest absolute Gasteiger partial charge is 0.399 e. The van der Waals surface area contributed by atoms with Gasteiger partial charge in [-0.15, -0.1) is 0 Å². The zero-order chi connectivity index (χ0) is 47.7. The Hall–Kier alpha value is -8.20. The smallest absolute Gasteiger partial charge is 0.0465 e. The molecule has 71 heavy (non-hydrogen) atoms. The fourth-order valence-electron chi connectivity index (χ4n) is 13.2. The van der Waals surface area contributed by atoms with Gasteiger partial charge in [0.25, 0.3) is 0 Å². The van der Waals surface area contributed by atoms with Gasteiger partial charge < -0.3 is 10.6 Å². The van der Waals surface area contributed by atoms with Crippen molar-refractivity contribution in [3.05, 3.63) is 298 Å². The number of hydrogen-bond acceptors (Lipinski definition) is 2. The van der Waals surface area contributed by atoms with Crippen LogP contribution in [0.3, 0.4) is 0 Å². The molecule has 0 atom stereocenters. The first-order valence-corrected chi connectivity index (χ1v) is 25.3. The van der Waals surface area contributed by atoms with Gasteiger partial charge in [-0.1, -0.05) is 208 Å². The van der Waals surface area contributed by atoms with Crippen molar-refractivity contribution in [2.45, 2.75) is 55.8 Å². The number of benzene rings is 10. The number of anilines is 4. The van der Waals surface area contributed by atoms with Crippen LogP contribution in [0.25, 0.3) is 33.4 Å². The molecule has 0 heterocycles. The highest BCUT2D eigenvalue weighted by Gasteiger charge is 2.46. The topological polar surface area (TPSA) is 29.3 Å². The lowest BCUT2D eigenvalue weighted by Gasteiger charge is -2.35. The van der Waals surface area contributed by atoms with Crippen LogP contribution >= 0.6 is 0 Å². The third kappa shape index (κ3) is 6.99. The minimum Gasteiger partial charge on any atom is -0.399 e. The summed E-state index contributed by atoms with van der Waals surface area (Å²) in [6, 6.07) is 91.2. The van der Waals surface area contributed by atoms with Crippen molar-refractivity contribution in [2.75, 3.05) is 10.6 Å². The molecule has 2 nitrogen and oxygen atoms in total. The van der Waals surface area contributed by atoms with Crippen LogP contribution in [0.1, 0.15) is 69.5 Å². The third-order valence-electron chi connectivity index (χ3n) is 16.4. The lowest BCUT2D eigenvalue weighted by atomic mass is 9.69. The van der Waals surface area contributed by atoms with E-state index in [9.17, 15) is 0 Å². The molecular formula is C69H56N2. The summed E-state index contributed by atoms with van der Waals surface area (Å²) in [5.41, 5.74) is 31.1. The molecule has 2 N–H and O–H groups in total. The van der Waals surface area contributed by atoms with E-state index >= 15 is 0 Å². The molecule has 0 fully saturated rings. The Balaban J connectivity index is 1.05. The van der Waals surface area contributed by atoms with Crippen molar-refractivity contribution < 1.29 is 0 Å². The first kappa shape index (κ1) is 42.9. The number of hydrogen-bond donors (Lipinski definition) is 1. The molecule has 0 saturated heterocycles. The van der Waals surface area contributed by atoms with Gasteiger partial charge in [0.05, 0.1) is 0 Å². The van der Waals surface area contributed by atoms with Crippen molar-refractivity contribution in [3.63, 3.8) is 0 Å². The maximum atomic E-state index is 6.50. The number of fused-ring (bicyclic) bond motifs is 9. The Morgan fingerprint density at radius 3 is 0.986 bits per heavy atom. The zero-order valence-corrected chi connectivity index (χ0v) is 40.4. The average Bonchev–Trinajstić information content (AvgIpc) is 3.92. The van der Waals surface area contributed by atoms with E-state index in [0.29, 0.717) is 0 Å². The predicted octanol–water partition coefficient (Wildman–Crippen LogP) is 16.5. The Labute approximate surface area is 418 Å². The molecule has 0 unspecified atom stereocenters. The molecule has 3 aliphatic carbocycles. The molecular weight excluding hydrogens is 857 g/mol. The van der Waals surface area contributed by atoms with Crippen molar-refractivity contribution in [3.8, 4) is 33.4 Å². The SMILES string of the molecule is CC1(C)c2cc(N)ccc2-c2ccc(N(c3ccc4c(c3)C(Cc3ccccc3)(Cc3ccccc3)c3ccccc3-4)c3ccc4c(c3)C(Cc3ccccc3)(Cc3ccccc3)c3ccccc3-4)cc21. The van der Waals surface area contributed by atoms with Crippen molar-refractivity contribution >= 4 is 22.7 Å². The Bertz CT molecular complexity index is 3360. The van der Waals surface area contributed by atoms with Crippen LogP contribution in [0.5, 0.6) is 0 Å². The van der Waals surface area contributed by atoms with Gasteiger partial charge in [0.1, 0.15) is 0 Å². The number of rotatable bonds is 11. The maximum absolute atomic E-state index is 6.50. The predicted molar refractivity (Wildman–Crippen MR) is 296 cm³/mol. The van der Waals surface area contributed by atoms with Crippen LogP contribution < -0.4 is 10.6 Å². The highest BCUT2D eigenvalue weighted by atomic mass is 15.1. The minimum atomic E-state index is -0.322. The summed E-state index contributed by atoms with van der Waals surface area (Å²) in [6.07, 6.45) is 3.51. The quantitative estimate of drug-likeness (QED) is 0.131. The van der Waals surface area contributed by atoms with E-state index in [1.165, 1.54) is 89.0 Å². The first-order valence-electron chi connectivity index (χ1n) is 25.3. The van der Waals surface area contributed by atoms with E-state index in [-0.39, 0.29) is 16.2 Å². The fourth-order valence-corrected chi connectivity index (χ4v) is 13.2. The van der Waals surface area contributed by atoms with E-state index in [0.717, 1.165) is 48.4 Å². The van der Waals surface area contributed by atoms with Gasteiger partial charge in [0.2, 0.25) is 0 Å². The van der Waals surface area contributed by atoms with E-state index in [1.807, 2.05) is 6.07 Å². The second-order valence-electron chi connectivity index (χ2n) is 20.9. The average molecular weight is 913 g/mol. The molecule has 10 aromatic rings. The molecule has 342 valence electrons. The summed E-state index contributed by atoms with van der Waals surface area (Å²) in [7, 11) is 0. The summed E-state index contributed by atoms with van der Waals surface area (Å²) < 4.78 is 0. The normalized spacial score (nSPS) is 14.7. The fraction of sp³-hybridized carbons (Fsp3) is 0.130. The van der Waals surface area contributed by atoms with Crippen LogP contribution in [0.15, 0.2) is 243 Å². The molecule has 0 bridgehead atoms. The molecule has 13 rings (SSSR count). The van der Waals surface area contributed by atoms with E-state index in [2.05, 4.69) is 255 Å². The van der Waals surface area contributed by atoms with Crippen LogP contribution in [-0.4, -0.2) is 0 Å². The Morgan fingerprint density at radius 2 is 0.592 bits per heavy atom. The molecule has 0 amide bonds. The summed E-state index contributed by atoms with van der Waals surface area (Å²) >= 11 is 0. The van der Waals surface area contributed by atoms with E-state index in [1.54, 1.807) is 0 Å². The summed E-state index contributed by atoms with van der Waals surface area (Å²) in [4.78, 5) is 2.56. The van der Waals surface area contributed by atoms with Gasteiger partial charge in [-0.25, -0.2) is 0 Å². The molecule has 10 aromatic carbocycles. The van der Waals surface area contributed by atoms with E-state index in [4.69, 9.17) is 5.73 Å². The molecule has 0 aliphatic heterocycles. The van der Waals surface area contributed by atoms with Gasteiger partial charge in [0, 0.05) is 39.0 Å². The lowest BCUT2D eigenvalue weighted by Crippen LogP contribution is -2.31. The second kappa shape index (κ2) is 16.7. The number of nitrogens with zero attached hydrogens (tertiary/aromatic N) is 1. The zero-order valence-electron chi connectivity index (χ0n) is 40.4. The van der Waals surface area contributed by atoms with Crippen molar-refractivity contribution in [2.24, 2.45) is 0 Å². The summed E-state index contributed by atoms with van der Waals surface area (Å²) in [6.45, 7) is 4.71. The van der Waals surface area contributed by atoms with Gasteiger partial charge in [0.15, 0.2) is 0 Å². The van der Waals surface area contributed by atoms with Gasteiger partial charge in [-0.3, -0.25) is 0 Å².